The lowest BCUT2D eigenvalue weighted by Crippen LogP contribution is -2.30. The number of carbonyl (C=O) groups is 1. The van der Waals surface area contributed by atoms with Crippen LogP contribution in [0.3, 0.4) is 0 Å². The van der Waals surface area contributed by atoms with Crippen LogP contribution in [0.15, 0.2) is 30.3 Å². The Morgan fingerprint density at radius 2 is 2.04 bits per heavy atom. The number of hydrogen-bond acceptors (Lipinski definition) is 3. The molecule has 0 radical (unpaired) electrons. The van der Waals surface area contributed by atoms with Crippen LogP contribution in [0.2, 0.25) is 0 Å². The van der Waals surface area contributed by atoms with Crippen LogP contribution in [0.25, 0.3) is 0 Å². The fourth-order valence-corrected chi connectivity index (χ4v) is 3.34. The molecular weight excluding hydrogens is 302 g/mol. The van der Waals surface area contributed by atoms with Crippen molar-refractivity contribution >= 4 is 5.91 Å². The van der Waals surface area contributed by atoms with Crippen LogP contribution in [0.1, 0.15) is 36.3 Å². The molecule has 0 spiro atoms. The zero-order valence-corrected chi connectivity index (χ0v) is 14.7. The zero-order valence-electron chi connectivity index (χ0n) is 14.7. The van der Waals surface area contributed by atoms with E-state index in [0.717, 1.165) is 36.5 Å². The van der Waals surface area contributed by atoms with Crippen molar-refractivity contribution < 1.29 is 9.53 Å². The van der Waals surface area contributed by atoms with Crippen LogP contribution in [0.5, 0.6) is 5.75 Å². The van der Waals surface area contributed by atoms with Gasteiger partial charge in [0, 0.05) is 18.8 Å². The van der Waals surface area contributed by atoms with Crippen molar-refractivity contribution in [1.82, 2.24) is 14.7 Å². The lowest BCUT2D eigenvalue weighted by molar-refractivity contribution is -0.129. The van der Waals surface area contributed by atoms with E-state index in [9.17, 15) is 4.79 Å². The number of benzene rings is 1. The monoisotopic (exact) mass is 327 g/mol. The minimum Gasteiger partial charge on any atom is -0.494 e. The molecule has 5 nitrogen and oxygen atoms in total. The Morgan fingerprint density at radius 1 is 1.29 bits per heavy atom. The van der Waals surface area contributed by atoms with Gasteiger partial charge in [-0.2, -0.15) is 5.10 Å². The van der Waals surface area contributed by atoms with Crippen LogP contribution >= 0.6 is 0 Å². The van der Waals surface area contributed by atoms with Gasteiger partial charge in [0.1, 0.15) is 5.75 Å². The van der Waals surface area contributed by atoms with E-state index in [0.29, 0.717) is 19.1 Å². The first-order valence-electron chi connectivity index (χ1n) is 8.59. The summed E-state index contributed by atoms with van der Waals surface area (Å²) in [6.07, 6.45) is 1.41. The average Bonchev–Trinajstić information content (AvgIpc) is 3.16. The summed E-state index contributed by atoms with van der Waals surface area (Å²) in [5, 5.41) is 4.56. The van der Waals surface area contributed by atoms with E-state index in [1.807, 2.05) is 43.0 Å². The number of amides is 1. The molecule has 128 valence electrons. The van der Waals surface area contributed by atoms with Gasteiger partial charge in [-0.3, -0.25) is 9.48 Å². The normalized spacial score (nSPS) is 17.3. The number of rotatable bonds is 5. The maximum atomic E-state index is 12.6. The molecule has 0 saturated carbocycles. The van der Waals surface area contributed by atoms with E-state index >= 15 is 0 Å². The maximum Gasteiger partial charge on any atom is 0.227 e. The van der Waals surface area contributed by atoms with Gasteiger partial charge in [-0.05, 0) is 51.0 Å². The highest BCUT2D eigenvalue weighted by atomic mass is 16.5. The Bertz CT molecular complexity index is 706. The fraction of sp³-hybridized carbons (Fsp3) is 0.474. The molecule has 2 aromatic rings. The Kier molecular flexibility index (Phi) is 4.88. The number of nitrogens with zero attached hydrogens (tertiary/aromatic N) is 3. The summed E-state index contributed by atoms with van der Waals surface area (Å²) in [6, 6.07) is 10.2. The van der Waals surface area contributed by atoms with E-state index < -0.39 is 0 Å². The first-order valence-corrected chi connectivity index (χ1v) is 8.59. The van der Waals surface area contributed by atoms with Gasteiger partial charge < -0.3 is 9.64 Å². The summed E-state index contributed by atoms with van der Waals surface area (Å²) in [7, 11) is 0. The molecule has 1 saturated heterocycles. The Balaban J connectivity index is 1.59. The zero-order chi connectivity index (χ0) is 17.1. The minimum absolute atomic E-state index is 0.184. The molecule has 1 atom stereocenters. The molecule has 5 heteroatoms. The fourth-order valence-electron chi connectivity index (χ4n) is 3.34. The highest BCUT2D eigenvalue weighted by Gasteiger charge is 2.28. The first kappa shape index (κ1) is 16.6. The first-order chi connectivity index (χ1) is 11.6. The van der Waals surface area contributed by atoms with E-state index in [2.05, 4.69) is 22.8 Å². The van der Waals surface area contributed by atoms with E-state index in [1.165, 1.54) is 5.69 Å². The van der Waals surface area contributed by atoms with Crippen molar-refractivity contribution in [3.05, 3.63) is 47.3 Å². The van der Waals surface area contributed by atoms with Gasteiger partial charge in [0.25, 0.3) is 0 Å². The van der Waals surface area contributed by atoms with Crippen LogP contribution in [0.4, 0.5) is 0 Å². The van der Waals surface area contributed by atoms with Gasteiger partial charge in [-0.25, -0.2) is 0 Å². The molecule has 0 N–H and O–H groups in total. The number of aryl methyl sites for hydroxylation is 2. The highest BCUT2D eigenvalue weighted by Crippen LogP contribution is 2.24. The maximum absolute atomic E-state index is 12.6. The van der Waals surface area contributed by atoms with Gasteiger partial charge >= 0.3 is 0 Å². The van der Waals surface area contributed by atoms with Crippen LogP contribution in [0, 0.1) is 13.8 Å². The molecule has 1 aromatic heterocycles. The third-order valence-corrected chi connectivity index (χ3v) is 4.50. The second-order valence-electron chi connectivity index (χ2n) is 6.41. The minimum atomic E-state index is 0.184. The highest BCUT2D eigenvalue weighted by molar-refractivity contribution is 5.79. The molecule has 1 aromatic carbocycles. The third-order valence-electron chi connectivity index (χ3n) is 4.50. The molecule has 24 heavy (non-hydrogen) atoms. The van der Waals surface area contributed by atoms with Crippen molar-refractivity contribution in [2.24, 2.45) is 0 Å². The van der Waals surface area contributed by atoms with Gasteiger partial charge in [-0.15, -0.1) is 0 Å². The van der Waals surface area contributed by atoms with Crippen molar-refractivity contribution in [2.75, 3.05) is 19.7 Å². The molecule has 1 aliphatic rings. The molecule has 1 fully saturated rings. The van der Waals surface area contributed by atoms with Crippen LogP contribution in [-0.2, 0) is 11.2 Å². The molecule has 0 aliphatic carbocycles. The Morgan fingerprint density at radius 3 is 2.67 bits per heavy atom. The average molecular weight is 327 g/mol. The second kappa shape index (κ2) is 7.07. The Labute approximate surface area is 143 Å². The largest absolute Gasteiger partial charge is 0.494 e. The standard InChI is InChI=1S/C19H25N3O2/c1-4-24-18-7-5-16(6-8-18)12-19(23)21-10-9-17(13-21)22-15(3)11-14(2)20-22/h5-8,11,17H,4,9-10,12-13H2,1-3H3/t17-/m1/s1. The summed E-state index contributed by atoms with van der Waals surface area (Å²) in [6.45, 7) is 8.25. The van der Waals surface area contributed by atoms with Crippen molar-refractivity contribution in [3.8, 4) is 5.75 Å². The quantitative estimate of drug-likeness (QED) is 0.848. The second-order valence-corrected chi connectivity index (χ2v) is 6.41. The number of aromatic nitrogens is 2. The summed E-state index contributed by atoms with van der Waals surface area (Å²) >= 11 is 0. The summed E-state index contributed by atoms with van der Waals surface area (Å²) in [5.41, 5.74) is 3.22. The predicted octanol–water partition coefficient (Wildman–Crippen LogP) is 2.91. The molecule has 0 bridgehead atoms. The molecule has 1 amide bonds. The van der Waals surface area contributed by atoms with Gasteiger partial charge in [0.15, 0.2) is 0 Å². The molecule has 3 rings (SSSR count). The van der Waals surface area contributed by atoms with E-state index in [1.54, 1.807) is 0 Å². The van der Waals surface area contributed by atoms with Crippen LogP contribution in [-0.4, -0.2) is 40.3 Å². The number of hydrogen-bond donors (Lipinski definition) is 0. The molecule has 1 aliphatic heterocycles. The molecule has 0 unspecified atom stereocenters. The van der Waals surface area contributed by atoms with Gasteiger partial charge in [0.05, 0.1) is 24.8 Å². The lowest BCUT2D eigenvalue weighted by Gasteiger charge is -2.17. The lowest BCUT2D eigenvalue weighted by atomic mass is 10.1. The number of ether oxygens (including phenoxy) is 1. The molecular formula is C19H25N3O2. The molecule has 2 heterocycles. The van der Waals surface area contributed by atoms with Crippen molar-refractivity contribution in [2.45, 2.75) is 39.7 Å². The van der Waals surface area contributed by atoms with Crippen molar-refractivity contribution in [1.29, 1.82) is 0 Å². The number of carbonyl (C=O) groups excluding carboxylic acids is 1. The Hall–Kier alpha value is -2.30. The number of likely N-dealkylation sites (tertiary alicyclic amines) is 1. The van der Waals surface area contributed by atoms with E-state index in [-0.39, 0.29) is 5.91 Å². The SMILES string of the molecule is CCOc1ccc(CC(=O)N2CC[C@@H](n3nc(C)cc3C)C2)cc1. The van der Waals surface area contributed by atoms with Gasteiger partial charge in [0.2, 0.25) is 5.91 Å². The predicted molar refractivity (Wildman–Crippen MR) is 93.3 cm³/mol. The van der Waals surface area contributed by atoms with Crippen LogP contribution < -0.4 is 4.74 Å². The van der Waals surface area contributed by atoms with E-state index in [4.69, 9.17) is 4.74 Å². The smallest absolute Gasteiger partial charge is 0.227 e. The summed E-state index contributed by atoms with van der Waals surface area (Å²) < 4.78 is 7.51. The van der Waals surface area contributed by atoms with Crippen molar-refractivity contribution in [3.63, 3.8) is 0 Å². The topological polar surface area (TPSA) is 47.4 Å². The summed E-state index contributed by atoms with van der Waals surface area (Å²) in [5.74, 6) is 1.03. The summed E-state index contributed by atoms with van der Waals surface area (Å²) in [4.78, 5) is 14.5. The van der Waals surface area contributed by atoms with Gasteiger partial charge in [-0.1, -0.05) is 12.1 Å². The third kappa shape index (κ3) is 3.61.